The first-order valence-corrected chi connectivity index (χ1v) is 7.67. The van der Waals surface area contributed by atoms with Crippen molar-refractivity contribution in [2.75, 3.05) is 19.6 Å². The molecular weight excluding hydrogens is 224 g/mol. The maximum Gasteiger partial charge on any atom is 0.234 e. The molecular formula is C15H28N2O. The number of hydrogen-bond donors (Lipinski definition) is 1. The fourth-order valence-corrected chi connectivity index (χ4v) is 3.48. The van der Waals surface area contributed by atoms with Gasteiger partial charge in [0.2, 0.25) is 5.91 Å². The summed E-state index contributed by atoms with van der Waals surface area (Å²) in [5.41, 5.74) is 0. The van der Waals surface area contributed by atoms with E-state index in [4.69, 9.17) is 0 Å². The van der Waals surface area contributed by atoms with Crippen molar-refractivity contribution >= 4 is 5.91 Å². The summed E-state index contributed by atoms with van der Waals surface area (Å²) in [5, 5.41) is 3.04. The second-order valence-electron chi connectivity index (χ2n) is 6.42. The summed E-state index contributed by atoms with van der Waals surface area (Å²) >= 11 is 0. The van der Waals surface area contributed by atoms with Crippen LogP contribution in [0.3, 0.4) is 0 Å². The molecule has 1 aliphatic carbocycles. The van der Waals surface area contributed by atoms with Gasteiger partial charge in [-0.15, -0.1) is 0 Å². The van der Waals surface area contributed by atoms with E-state index in [1.54, 1.807) is 0 Å². The molecule has 0 aromatic rings. The van der Waals surface area contributed by atoms with E-state index in [0.717, 1.165) is 19.0 Å². The molecule has 2 aliphatic rings. The van der Waals surface area contributed by atoms with E-state index in [0.29, 0.717) is 18.5 Å². The van der Waals surface area contributed by atoms with Crippen molar-refractivity contribution in [2.24, 2.45) is 11.8 Å². The van der Waals surface area contributed by atoms with Crippen LogP contribution in [0.4, 0.5) is 0 Å². The normalized spacial score (nSPS) is 29.1. The van der Waals surface area contributed by atoms with Crippen molar-refractivity contribution in [3.8, 4) is 0 Å². The second-order valence-corrected chi connectivity index (χ2v) is 6.42. The van der Waals surface area contributed by atoms with Crippen LogP contribution in [-0.2, 0) is 4.79 Å². The van der Waals surface area contributed by atoms with Crippen molar-refractivity contribution in [2.45, 2.75) is 58.4 Å². The van der Waals surface area contributed by atoms with Crippen molar-refractivity contribution in [3.05, 3.63) is 0 Å². The van der Waals surface area contributed by atoms with Crippen LogP contribution >= 0.6 is 0 Å². The van der Waals surface area contributed by atoms with Crippen LogP contribution in [0.15, 0.2) is 0 Å². The zero-order valence-electron chi connectivity index (χ0n) is 12.0. The number of fused-ring (bicyclic) bond motifs is 1. The van der Waals surface area contributed by atoms with Crippen LogP contribution in [0.1, 0.15) is 52.4 Å². The number of likely N-dealkylation sites (tertiary alicyclic amines) is 1. The number of piperidine rings is 1. The molecule has 3 nitrogen and oxygen atoms in total. The fraction of sp³-hybridized carbons (Fsp3) is 0.933. The van der Waals surface area contributed by atoms with Gasteiger partial charge in [0.25, 0.3) is 0 Å². The summed E-state index contributed by atoms with van der Waals surface area (Å²) < 4.78 is 0. The van der Waals surface area contributed by atoms with E-state index in [1.807, 2.05) is 0 Å². The first-order chi connectivity index (χ1) is 8.66. The number of carbonyl (C=O) groups is 1. The largest absolute Gasteiger partial charge is 0.355 e. The molecule has 18 heavy (non-hydrogen) atoms. The Morgan fingerprint density at radius 1 is 1.22 bits per heavy atom. The van der Waals surface area contributed by atoms with Gasteiger partial charge in [0.05, 0.1) is 6.54 Å². The van der Waals surface area contributed by atoms with Gasteiger partial charge in [-0.2, -0.15) is 0 Å². The van der Waals surface area contributed by atoms with Crippen LogP contribution in [0, 0.1) is 11.8 Å². The van der Waals surface area contributed by atoms with Crippen LogP contribution in [0.25, 0.3) is 0 Å². The molecule has 2 fully saturated rings. The Morgan fingerprint density at radius 2 is 1.94 bits per heavy atom. The van der Waals surface area contributed by atoms with Gasteiger partial charge in [-0.3, -0.25) is 9.69 Å². The molecule has 1 heterocycles. The van der Waals surface area contributed by atoms with Crippen LogP contribution in [0.2, 0.25) is 0 Å². The van der Waals surface area contributed by atoms with Gasteiger partial charge in [-0.05, 0) is 44.1 Å². The zero-order chi connectivity index (χ0) is 13.0. The SMILES string of the molecule is CC(C)CNC(=O)CN1CCCC2CCCCC21. The topological polar surface area (TPSA) is 32.3 Å². The lowest BCUT2D eigenvalue weighted by Crippen LogP contribution is -2.50. The van der Waals surface area contributed by atoms with Gasteiger partial charge in [-0.25, -0.2) is 0 Å². The first kappa shape index (κ1) is 13.9. The Bertz CT molecular complexity index is 276. The van der Waals surface area contributed by atoms with Crippen molar-refractivity contribution in [1.29, 1.82) is 0 Å². The molecule has 2 unspecified atom stereocenters. The first-order valence-electron chi connectivity index (χ1n) is 7.67. The molecule has 0 spiro atoms. The molecule has 2 rings (SSSR count). The Hall–Kier alpha value is -0.570. The average Bonchev–Trinajstić information content (AvgIpc) is 2.37. The molecule has 0 radical (unpaired) electrons. The quantitative estimate of drug-likeness (QED) is 0.833. The van der Waals surface area contributed by atoms with Crippen LogP contribution in [-0.4, -0.2) is 36.5 Å². The highest BCUT2D eigenvalue weighted by Crippen LogP contribution is 2.34. The molecule has 104 valence electrons. The molecule has 1 saturated carbocycles. The molecule has 2 atom stereocenters. The summed E-state index contributed by atoms with van der Waals surface area (Å²) in [7, 11) is 0. The average molecular weight is 252 g/mol. The Morgan fingerprint density at radius 3 is 2.72 bits per heavy atom. The Kier molecular flexibility index (Phi) is 5.04. The molecule has 0 aromatic heterocycles. The van der Waals surface area contributed by atoms with Gasteiger partial charge < -0.3 is 5.32 Å². The van der Waals surface area contributed by atoms with Crippen LogP contribution in [0.5, 0.6) is 0 Å². The molecule has 0 aromatic carbocycles. The summed E-state index contributed by atoms with van der Waals surface area (Å²) in [4.78, 5) is 14.4. The highest BCUT2D eigenvalue weighted by Gasteiger charge is 2.33. The molecule has 3 heteroatoms. The lowest BCUT2D eigenvalue weighted by Gasteiger charge is -2.43. The molecule has 1 amide bonds. The molecule has 1 N–H and O–H groups in total. The van der Waals surface area contributed by atoms with Gasteiger partial charge in [-0.1, -0.05) is 26.7 Å². The summed E-state index contributed by atoms with van der Waals surface area (Å²) in [6.45, 7) is 6.82. The van der Waals surface area contributed by atoms with E-state index in [-0.39, 0.29) is 5.91 Å². The van der Waals surface area contributed by atoms with E-state index in [1.165, 1.54) is 38.5 Å². The molecule has 1 saturated heterocycles. The number of nitrogens with zero attached hydrogens (tertiary/aromatic N) is 1. The Balaban J connectivity index is 1.81. The minimum absolute atomic E-state index is 0.218. The molecule has 1 aliphatic heterocycles. The third-order valence-corrected chi connectivity index (χ3v) is 4.41. The van der Waals surface area contributed by atoms with E-state index in [2.05, 4.69) is 24.1 Å². The van der Waals surface area contributed by atoms with E-state index < -0.39 is 0 Å². The standard InChI is InChI=1S/C15H28N2O/c1-12(2)10-16-15(18)11-17-9-5-7-13-6-3-4-8-14(13)17/h12-14H,3-11H2,1-2H3,(H,16,18). The maximum atomic E-state index is 11.9. The second kappa shape index (κ2) is 6.55. The number of carbonyl (C=O) groups excluding carboxylic acids is 1. The minimum atomic E-state index is 0.218. The highest BCUT2D eigenvalue weighted by atomic mass is 16.2. The summed E-state index contributed by atoms with van der Waals surface area (Å²) in [5.74, 6) is 1.62. The smallest absolute Gasteiger partial charge is 0.234 e. The third kappa shape index (κ3) is 3.71. The van der Waals surface area contributed by atoms with Gasteiger partial charge in [0.15, 0.2) is 0 Å². The number of rotatable bonds is 4. The zero-order valence-corrected chi connectivity index (χ0v) is 12.0. The van der Waals surface area contributed by atoms with Crippen molar-refractivity contribution in [3.63, 3.8) is 0 Å². The van der Waals surface area contributed by atoms with Crippen molar-refractivity contribution < 1.29 is 4.79 Å². The predicted molar refractivity (Wildman–Crippen MR) is 74.4 cm³/mol. The lowest BCUT2D eigenvalue weighted by atomic mass is 9.78. The van der Waals surface area contributed by atoms with Gasteiger partial charge in [0, 0.05) is 12.6 Å². The van der Waals surface area contributed by atoms with Gasteiger partial charge in [0.1, 0.15) is 0 Å². The monoisotopic (exact) mass is 252 g/mol. The fourth-order valence-electron chi connectivity index (χ4n) is 3.48. The Labute approximate surface area is 111 Å². The number of hydrogen-bond acceptors (Lipinski definition) is 2. The van der Waals surface area contributed by atoms with Gasteiger partial charge >= 0.3 is 0 Å². The minimum Gasteiger partial charge on any atom is -0.355 e. The third-order valence-electron chi connectivity index (χ3n) is 4.41. The summed E-state index contributed by atoms with van der Waals surface area (Å²) in [6.07, 6.45) is 8.10. The molecule has 0 bridgehead atoms. The number of amides is 1. The van der Waals surface area contributed by atoms with E-state index >= 15 is 0 Å². The van der Waals surface area contributed by atoms with Crippen molar-refractivity contribution in [1.82, 2.24) is 10.2 Å². The highest BCUT2D eigenvalue weighted by molar-refractivity contribution is 5.78. The van der Waals surface area contributed by atoms with E-state index in [9.17, 15) is 4.79 Å². The lowest BCUT2D eigenvalue weighted by molar-refractivity contribution is -0.124. The maximum absolute atomic E-state index is 11.9. The predicted octanol–water partition coefficient (Wildman–Crippen LogP) is 2.41. The number of nitrogens with one attached hydrogen (secondary N) is 1. The summed E-state index contributed by atoms with van der Waals surface area (Å²) in [6, 6.07) is 0.692. The van der Waals surface area contributed by atoms with Crippen LogP contribution < -0.4 is 5.32 Å².